The average molecular weight is 1970 g/mol. The van der Waals surface area contributed by atoms with E-state index in [1.807, 2.05) is 172 Å². The van der Waals surface area contributed by atoms with Gasteiger partial charge >= 0.3 is 0 Å². The summed E-state index contributed by atoms with van der Waals surface area (Å²) in [6.07, 6.45) is 37.0. The summed E-state index contributed by atoms with van der Waals surface area (Å²) >= 11 is 1.38. The van der Waals surface area contributed by atoms with Crippen molar-refractivity contribution in [3.63, 3.8) is 0 Å². The molecular formula is C111H130N20O12S. The lowest BCUT2D eigenvalue weighted by molar-refractivity contribution is -0.119. The van der Waals surface area contributed by atoms with Crippen LogP contribution in [0.25, 0.3) is 30.4 Å². The molecule has 2 aliphatic carbocycles. The second-order valence-electron chi connectivity index (χ2n) is 33.9. The zero-order valence-corrected chi connectivity index (χ0v) is 84.3. The smallest absolute Gasteiger partial charge is 0.262 e. The molecule has 752 valence electrons. The van der Waals surface area contributed by atoms with Gasteiger partial charge in [0.25, 0.3) is 29.5 Å². The number of nitrogens with zero attached hydrogens (tertiary/aromatic N) is 15. The van der Waals surface area contributed by atoms with Gasteiger partial charge in [0, 0.05) is 73.0 Å². The Kier molecular flexibility index (Phi) is 51.6. The number of hydrogen-bond donors (Lipinski definition) is 5. The predicted molar refractivity (Wildman–Crippen MR) is 552 cm³/mol. The van der Waals surface area contributed by atoms with Crippen LogP contribution in [0.5, 0.6) is 23.0 Å². The lowest BCUT2D eigenvalue weighted by Crippen LogP contribution is -2.36. The Hall–Kier alpha value is -15.6. The van der Waals surface area contributed by atoms with Crippen LogP contribution in [0.1, 0.15) is 274 Å². The fraction of sp³-hybridized carbons (Fsp3) is 0.387. The molecule has 5 amide bonds. The number of carbonyl (C=O) groups is 6. The first-order valence-electron chi connectivity index (χ1n) is 49.1. The minimum absolute atomic E-state index is 0.0103. The number of likely N-dealkylation sites (N-methyl/N-ethyl adjacent to an activating group) is 1. The van der Waals surface area contributed by atoms with E-state index in [0.29, 0.717) is 85.2 Å². The van der Waals surface area contributed by atoms with Crippen molar-refractivity contribution in [2.75, 3.05) is 59.8 Å². The van der Waals surface area contributed by atoms with Gasteiger partial charge in [-0.2, -0.15) is 36.5 Å². The summed E-state index contributed by atoms with van der Waals surface area (Å²) in [4.78, 5) is 101. The van der Waals surface area contributed by atoms with Crippen LogP contribution < -0.4 is 45.5 Å². The van der Waals surface area contributed by atoms with Crippen LogP contribution in [0.4, 0.5) is 0 Å². The molecule has 5 N–H and O–H groups in total. The Balaban J connectivity index is 0.000000220. The average Bonchev–Trinajstić information content (AvgIpc) is 1.67. The molecule has 5 atom stereocenters. The van der Waals surface area contributed by atoms with Gasteiger partial charge in [0.05, 0.1) is 55.7 Å². The molecule has 0 aliphatic heterocycles. The second kappa shape index (κ2) is 65.4. The van der Waals surface area contributed by atoms with E-state index in [1.165, 1.54) is 73.2 Å². The number of rotatable bonds is 51. The highest BCUT2D eigenvalue weighted by molar-refractivity contribution is 7.10. The van der Waals surface area contributed by atoms with E-state index in [9.17, 15) is 55.1 Å². The van der Waals surface area contributed by atoms with E-state index >= 15 is 0 Å². The van der Waals surface area contributed by atoms with Gasteiger partial charge in [0.1, 0.15) is 130 Å². The van der Waals surface area contributed by atoms with Crippen LogP contribution in [0.3, 0.4) is 0 Å². The van der Waals surface area contributed by atoms with E-state index in [-0.39, 0.29) is 75.6 Å². The van der Waals surface area contributed by atoms with Crippen LogP contribution in [0.2, 0.25) is 0 Å². The lowest BCUT2D eigenvalue weighted by atomic mass is 9.77. The molecule has 5 heterocycles. The normalized spacial score (nSPS) is 13.3. The van der Waals surface area contributed by atoms with Gasteiger partial charge in [-0.3, -0.25) is 28.8 Å². The predicted octanol–water partition coefficient (Wildman–Crippen LogP) is 19.9. The molecule has 0 bridgehead atoms. The minimum Gasteiger partial charge on any atom is -0.494 e. The van der Waals surface area contributed by atoms with E-state index in [1.54, 1.807) is 42.2 Å². The number of carbonyl (C=O) groups excluding carboxylic acids is 6. The Morgan fingerprint density at radius 3 is 1.50 bits per heavy atom. The number of Topliss-reactive ketones (excluding diaryl/α,β-unsaturated/α-hetero) is 1. The molecule has 5 aromatic carbocycles. The summed E-state index contributed by atoms with van der Waals surface area (Å²) in [5.74, 6) is 2.13. The van der Waals surface area contributed by atoms with Crippen molar-refractivity contribution >= 4 is 77.0 Å². The maximum atomic E-state index is 12.9. The van der Waals surface area contributed by atoms with Crippen molar-refractivity contribution in [2.45, 2.75) is 208 Å². The molecule has 0 saturated heterocycles. The van der Waals surface area contributed by atoms with Crippen molar-refractivity contribution in [2.24, 2.45) is 11.8 Å². The van der Waals surface area contributed by atoms with Gasteiger partial charge in [-0.05, 0) is 215 Å². The SMILES string of the molecule is CCCCCC(=O)c1ccc(C(NC(=O)/C(C#N)=C/c2cccnn2)C2CC2)cc1.CCCCOc1cccc(C(CC)NC(=O)/C(C#N)=C/c2nccs2)c1.CCCN(C)CCOc1cccc(C(NC(=O)/C(C#N)=C/c2cncnc2)C2CCC2)c1.CCCOCCOc1ccc(C(CCC)NC(=O)/C(C#N)=C/c2ncncn2)cc1.CCCOc1ccc(C(CCC)NC(=O)/C(C#N)=C/c2ccon2)cc1. The van der Waals surface area contributed by atoms with Gasteiger partial charge in [0.2, 0.25) is 0 Å². The van der Waals surface area contributed by atoms with Crippen LogP contribution in [0.15, 0.2) is 227 Å². The molecule has 5 unspecified atom stereocenters. The first-order valence-corrected chi connectivity index (χ1v) is 50.0. The third-order valence-corrected chi connectivity index (χ3v) is 23.4. The maximum Gasteiger partial charge on any atom is 0.262 e. The Morgan fingerprint density at radius 1 is 0.451 bits per heavy atom. The lowest BCUT2D eigenvalue weighted by Gasteiger charge is -2.34. The summed E-state index contributed by atoms with van der Waals surface area (Å²) in [5, 5.41) is 75.6. The Bertz CT molecular complexity index is 5970. The fourth-order valence-corrected chi connectivity index (χ4v) is 15.3. The number of aromatic nitrogens is 9. The molecule has 2 aliphatic rings. The van der Waals surface area contributed by atoms with E-state index in [4.69, 9.17) is 28.2 Å². The third kappa shape index (κ3) is 40.5. The van der Waals surface area contributed by atoms with E-state index < -0.39 is 23.6 Å². The Morgan fingerprint density at radius 2 is 0.979 bits per heavy atom. The number of ketones is 1. The van der Waals surface area contributed by atoms with Gasteiger partial charge in [0.15, 0.2) is 11.6 Å². The zero-order valence-electron chi connectivity index (χ0n) is 83.5. The van der Waals surface area contributed by atoms with Crippen molar-refractivity contribution in [1.29, 1.82) is 26.3 Å². The molecule has 32 nitrogen and oxygen atoms in total. The monoisotopic (exact) mass is 1970 g/mol. The number of benzene rings is 5. The van der Waals surface area contributed by atoms with Crippen LogP contribution in [-0.2, 0) is 28.7 Å². The highest BCUT2D eigenvalue weighted by Gasteiger charge is 2.35. The van der Waals surface area contributed by atoms with Crippen LogP contribution in [0, 0.1) is 68.5 Å². The number of unbranched alkanes of at least 4 members (excludes halogenated alkanes) is 3. The number of ether oxygens (including phenoxy) is 5. The summed E-state index contributed by atoms with van der Waals surface area (Å²) in [6, 6.07) is 52.2. The van der Waals surface area contributed by atoms with Crippen molar-refractivity contribution in [1.82, 2.24) is 76.7 Å². The summed E-state index contributed by atoms with van der Waals surface area (Å²) in [6.45, 7) is 22.2. The Labute approximate surface area is 848 Å². The van der Waals surface area contributed by atoms with E-state index in [0.717, 1.165) is 180 Å². The maximum absolute atomic E-state index is 12.9. The topological polar surface area (TPSA) is 460 Å². The molecule has 33 heteroatoms. The number of amides is 5. The molecule has 144 heavy (non-hydrogen) atoms. The molecule has 5 aromatic heterocycles. The quantitative estimate of drug-likeness (QED) is 0.0102. The molecule has 10 aromatic rings. The fourth-order valence-electron chi connectivity index (χ4n) is 14.7. The number of nitrogens with one attached hydrogen (secondary N) is 5. The van der Waals surface area contributed by atoms with Crippen LogP contribution in [-0.4, -0.2) is 145 Å². The molecular weight excluding hydrogens is 1840 g/mol. The number of nitriles is 5. The van der Waals surface area contributed by atoms with Gasteiger partial charge in [-0.15, -0.1) is 11.3 Å². The molecule has 2 saturated carbocycles. The molecule has 2 fully saturated rings. The summed E-state index contributed by atoms with van der Waals surface area (Å²) in [7, 11) is 2.09. The minimum atomic E-state index is -0.468. The summed E-state index contributed by atoms with van der Waals surface area (Å²) in [5.41, 5.74) is 7.04. The number of thiazole rings is 1. The van der Waals surface area contributed by atoms with Crippen LogP contribution >= 0.6 is 11.3 Å². The van der Waals surface area contributed by atoms with Gasteiger partial charge < -0.3 is 59.7 Å². The number of hydrogen-bond acceptors (Lipinski definition) is 28. The molecule has 0 radical (unpaired) electrons. The summed E-state index contributed by atoms with van der Waals surface area (Å²) < 4.78 is 33.1. The highest BCUT2D eigenvalue weighted by Crippen LogP contribution is 2.42. The largest absolute Gasteiger partial charge is 0.494 e. The van der Waals surface area contributed by atoms with Crippen molar-refractivity contribution in [3.8, 4) is 53.3 Å². The first-order chi connectivity index (χ1) is 70.2. The van der Waals surface area contributed by atoms with Crippen molar-refractivity contribution < 1.29 is 57.0 Å². The second-order valence-corrected chi connectivity index (χ2v) is 34.8. The third-order valence-electron chi connectivity index (χ3n) is 22.7. The first kappa shape index (κ1) is 114. The zero-order chi connectivity index (χ0) is 103. The van der Waals surface area contributed by atoms with Gasteiger partial charge in [-0.25, -0.2) is 29.9 Å². The van der Waals surface area contributed by atoms with Crippen molar-refractivity contribution in [3.05, 3.63) is 284 Å². The molecule has 12 rings (SSSR count). The van der Waals surface area contributed by atoms with E-state index in [2.05, 4.69) is 118 Å². The van der Waals surface area contributed by atoms with Gasteiger partial charge in [-0.1, -0.05) is 172 Å². The molecule has 0 spiro atoms. The highest BCUT2D eigenvalue weighted by atomic mass is 32.1. The standard InChI is InChI=1S/C25H31N5O2.C24H26N4O2.C22H27N5O3.C20H23N3O3.C20H23N3O2S/c1-3-10-30(2)11-12-32-23-9-5-8-21(14-23)24(20-6-4-7-20)29-25(31)22(15-26)13-19-16-27-18-28-17-19;1-2-3-4-7-22(29)17-8-10-18(11-9-17)23(19-12-13-19)27-24(30)20(16-25)15-21-6-5-14-26-28-21;1-3-5-20(17-6-8-19(9-7-17)30-12-11-29-10-4-2)27-22(28)18(14-23)13-21-25-15-24-16-26-21;1-3-5-19(15-6-8-18(9-7-15)25-11-4-2)22-20(24)16(14-21)13-17-10-12-26-23-17;1-3-5-10-25-17-8-6-7-15(12-17)18(4-2)23-20(24)16(14-21)13-19-22-9-11-26-19/h5,8-9,13-14,16-18,20,24H,3-4,6-7,10-12H2,1-2H3,(H,29,31);5-6,8-11,14-15,19,23H,2-4,7,12-13H2,1H3,(H,27,30);6-9,13,15-16,20H,3-5,10-12H2,1-2H3,(H,27,28);6-10,12-13,19H,3-5,11H2,1-2H3,(H,22,24);6-9,11-13,18H,3-5,10H2,1-2H3,(H,23,24)/b22-13+;20-15+;18-13+;2*16-13+.